The third kappa shape index (κ3) is 4.75. The van der Waals surface area contributed by atoms with Crippen molar-refractivity contribution >= 4 is 29.7 Å². The van der Waals surface area contributed by atoms with Gasteiger partial charge in [-0.15, -0.1) is 12.4 Å². The smallest absolute Gasteiger partial charge is 0.379 e. The second-order valence-electron chi connectivity index (χ2n) is 3.99. The fourth-order valence-electron chi connectivity index (χ4n) is 1.53. The molecule has 8 heteroatoms. The van der Waals surface area contributed by atoms with Crippen LogP contribution < -0.4 is 5.32 Å². The van der Waals surface area contributed by atoms with Gasteiger partial charge < -0.3 is 5.32 Å². The number of nitrogens with one attached hydrogen (secondary N) is 1. The predicted molar refractivity (Wildman–Crippen MR) is 75.2 cm³/mol. The van der Waals surface area contributed by atoms with E-state index in [1.807, 2.05) is 0 Å². The Morgan fingerprint density at radius 3 is 2.48 bits per heavy atom. The maximum Gasteiger partial charge on any atom is 0.433 e. The summed E-state index contributed by atoms with van der Waals surface area (Å²) < 4.78 is 50.4. The molecule has 114 valence electrons. The average Bonchev–Trinajstić information content (AvgIpc) is 2.39. The molecule has 1 aromatic carbocycles. The number of benzene rings is 1. The lowest BCUT2D eigenvalue weighted by atomic mass is 10.2. The highest BCUT2D eigenvalue weighted by Crippen LogP contribution is 2.27. The van der Waals surface area contributed by atoms with Crippen molar-refractivity contribution in [3.63, 3.8) is 0 Å². The molecule has 0 amide bonds. The molecule has 0 spiro atoms. The van der Waals surface area contributed by atoms with E-state index in [2.05, 4.69) is 10.3 Å². The summed E-state index contributed by atoms with van der Waals surface area (Å²) in [6, 6.07) is 7.61. The number of hydrogen-bond donors (Lipinski definition) is 1. The Morgan fingerprint density at radius 1 is 1.14 bits per heavy atom. The van der Waals surface area contributed by atoms with Crippen LogP contribution in [0.3, 0.4) is 0 Å². The second-order valence-corrected chi connectivity index (χ2v) is 4.40. The number of aromatic nitrogens is 1. The van der Waals surface area contributed by atoms with Gasteiger partial charge in [-0.3, -0.25) is 0 Å². The van der Waals surface area contributed by atoms with Gasteiger partial charge in [-0.2, -0.15) is 13.2 Å². The first-order chi connectivity index (χ1) is 9.36. The monoisotopic (exact) mass is 340 g/mol. The molecule has 2 nitrogen and oxygen atoms in total. The van der Waals surface area contributed by atoms with Gasteiger partial charge in [-0.1, -0.05) is 17.7 Å². The topological polar surface area (TPSA) is 24.9 Å². The van der Waals surface area contributed by atoms with Crippen molar-refractivity contribution in [1.29, 1.82) is 0 Å². The highest BCUT2D eigenvalue weighted by molar-refractivity contribution is 6.31. The van der Waals surface area contributed by atoms with Crippen LogP contribution in [0.2, 0.25) is 5.02 Å². The fourth-order valence-corrected chi connectivity index (χ4v) is 1.72. The molecule has 0 aliphatic rings. The van der Waals surface area contributed by atoms with E-state index < -0.39 is 17.7 Å². The molecule has 0 radical (unpaired) electrons. The lowest BCUT2D eigenvalue weighted by Crippen LogP contribution is -2.10. The largest absolute Gasteiger partial charge is 0.433 e. The van der Waals surface area contributed by atoms with Crippen molar-refractivity contribution in [2.45, 2.75) is 12.7 Å². The van der Waals surface area contributed by atoms with E-state index in [1.54, 1.807) is 0 Å². The van der Waals surface area contributed by atoms with Gasteiger partial charge in [0.05, 0.1) is 17.3 Å². The molecule has 1 aromatic heterocycles. The van der Waals surface area contributed by atoms with Gasteiger partial charge in [0.1, 0.15) is 11.5 Å². The first kappa shape index (κ1) is 17.5. The standard InChI is InChI=1S/C13H9ClF4N2.ClH/c14-10-6-8(4-5-11(10)15)19-7-9-2-1-3-12(20-9)13(16,17)18;/h1-6,19H,7H2;1H. The highest BCUT2D eigenvalue weighted by Gasteiger charge is 2.32. The van der Waals surface area contributed by atoms with Crippen molar-refractivity contribution in [3.05, 3.63) is 58.6 Å². The van der Waals surface area contributed by atoms with E-state index in [4.69, 9.17) is 11.6 Å². The summed E-state index contributed by atoms with van der Waals surface area (Å²) in [7, 11) is 0. The van der Waals surface area contributed by atoms with Crippen molar-refractivity contribution in [2.24, 2.45) is 0 Å². The third-order valence-electron chi connectivity index (χ3n) is 2.49. The van der Waals surface area contributed by atoms with Crippen LogP contribution in [0.15, 0.2) is 36.4 Å². The molecule has 21 heavy (non-hydrogen) atoms. The van der Waals surface area contributed by atoms with Gasteiger partial charge in [0, 0.05) is 5.69 Å². The summed E-state index contributed by atoms with van der Waals surface area (Å²) in [5.41, 5.74) is -0.232. The van der Waals surface area contributed by atoms with Gasteiger partial charge >= 0.3 is 6.18 Å². The first-order valence-electron chi connectivity index (χ1n) is 5.58. The summed E-state index contributed by atoms with van der Waals surface area (Å²) in [6.45, 7) is 0.0753. The number of rotatable bonds is 3. The summed E-state index contributed by atoms with van der Waals surface area (Å²) in [5.74, 6) is -0.561. The van der Waals surface area contributed by atoms with Crippen LogP contribution in [0.4, 0.5) is 23.2 Å². The Bertz CT molecular complexity index is 617. The van der Waals surface area contributed by atoms with Crippen LogP contribution in [0.25, 0.3) is 0 Å². The van der Waals surface area contributed by atoms with Crippen molar-refractivity contribution < 1.29 is 17.6 Å². The Kier molecular flexibility index (Phi) is 5.80. The molecule has 0 aliphatic carbocycles. The maximum absolute atomic E-state index is 12.9. The Morgan fingerprint density at radius 2 is 1.86 bits per heavy atom. The molecule has 1 heterocycles. The predicted octanol–water partition coefficient (Wildman–Crippen LogP) is 4.93. The quantitative estimate of drug-likeness (QED) is 0.801. The lowest BCUT2D eigenvalue weighted by Gasteiger charge is -2.09. The Hall–Kier alpha value is -1.53. The molecule has 0 bridgehead atoms. The molecular formula is C13H10Cl2F4N2. The van der Waals surface area contributed by atoms with Crippen LogP contribution in [-0.2, 0) is 12.7 Å². The van der Waals surface area contributed by atoms with E-state index in [-0.39, 0.29) is 29.7 Å². The van der Waals surface area contributed by atoms with Gasteiger partial charge in [0.2, 0.25) is 0 Å². The summed E-state index contributed by atoms with van der Waals surface area (Å²) in [5, 5.41) is 2.76. The molecule has 0 atom stereocenters. The minimum Gasteiger partial charge on any atom is -0.379 e. The number of alkyl halides is 3. The summed E-state index contributed by atoms with van der Waals surface area (Å²) >= 11 is 5.60. The molecule has 0 aliphatic heterocycles. The second kappa shape index (κ2) is 6.95. The third-order valence-corrected chi connectivity index (χ3v) is 2.78. The average molecular weight is 341 g/mol. The maximum atomic E-state index is 12.9. The van der Waals surface area contributed by atoms with E-state index in [9.17, 15) is 17.6 Å². The van der Waals surface area contributed by atoms with Crippen molar-refractivity contribution in [3.8, 4) is 0 Å². The van der Waals surface area contributed by atoms with Crippen molar-refractivity contribution in [1.82, 2.24) is 4.98 Å². The van der Waals surface area contributed by atoms with E-state index in [0.717, 1.165) is 6.07 Å². The minimum atomic E-state index is -4.48. The van der Waals surface area contributed by atoms with Crippen LogP contribution >= 0.6 is 24.0 Å². The summed E-state index contributed by atoms with van der Waals surface area (Å²) in [4.78, 5) is 3.50. The van der Waals surface area contributed by atoms with Crippen LogP contribution in [0.1, 0.15) is 11.4 Å². The zero-order chi connectivity index (χ0) is 14.8. The van der Waals surface area contributed by atoms with E-state index >= 15 is 0 Å². The van der Waals surface area contributed by atoms with Gasteiger partial charge in [0.15, 0.2) is 0 Å². The SMILES string of the molecule is Cl.Fc1ccc(NCc2cccc(C(F)(F)F)n2)cc1Cl. The highest BCUT2D eigenvalue weighted by atomic mass is 35.5. The Balaban J connectivity index is 0.00000220. The number of hydrogen-bond acceptors (Lipinski definition) is 2. The molecular weight excluding hydrogens is 331 g/mol. The van der Waals surface area contributed by atoms with E-state index in [1.165, 1.54) is 30.3 Å². The van der Waals surface area contributed by atoms with Gasteiger partial charge in [-0.25, -0.2) is 9.37 Å². The zero-order valence-corrected chi connectivity index (χ0v) is 12.0. The number of halogens is 6. The van der Waals surface area contributed by atoms with Crippen molar-refractivity contribution in [2.75, 3.05) is 5.32 Å². The van der Waals surface area contributed by atoms with Crippen LogP contribution in [0, 0.1) is 5.82 Å². The molecule has 2 rings (SSSR count). The number of nitrogens with zero attached hydrogens (tertiary/aromatic N) is 1. The summed E-state index contributed by atoms with van der Waals surface area (Å²) in [6.07, 6.45) is -4.48. The normalized spacial score (nSPS) is 10.9. The minimum absolute atomic E-state index is 0. The Labute approximate surface area is 129 Å². The van der Waals surface area contributed by atoms with E-state index in [0.29, 0.717) is 5.69 Å². The first-order valence-corrected chi connectivity index (χ1v) is 5.96. The lowest BCUT2D eigenvalue weighted by molar-refractivity contribution is -0.141. The number of pyridine rings is 1. The van der Waals surface area contributed by atoms with Gasteiger partial charge in [0.25, 0.3) is 0 Å². The molecule has 1 N–H and O–H groups in total. The number of anilines is 1. The van der Waals surface area contributed by atoms with Crippen LogP contribution in [-0.4, -0.2) is 4.98 Å². The van der Waals surface area contributed by atoms with Crippen LogP contribution in [0.5, 0.6) is 0 Å². The molecule has 0 saturated heterocycles. The molecule has 2 aromatic rings. The zero-order valence-electron chi connectivity index (χ0n) is 10.4. The molecule has 0 unspecified atom stereocenters. The van der Waals surface area contributed by atoms with Gasteiger partial charge in [-0.05, 0) is 30.3 Å². The molecule has 0 saturated carbocycles. The fraction of sp³-hybridized carbons (Fsp3) is 0.154. The molecule has 0 fully saturated rings.